The molecule has 0 spiro atoms. The van der Waals surface area contributed by atoms with Crippen molar-refractivity contribution in [2.75, 3.05) is 12.4 Å². The molecule has 0 bridgehead atoms. The van der Waals surface area contributed by atoms with Gasteiger partial charge in [0.25, 0.3) is 0 Å². The molecule has 0 aliphatic carbocycles. The molecule has 0 aliphatic rings. The van der Waals surface area contributed by atoms with E-state index in [1.807, 2.05) is 83.7 Å². The number of pyridine rings is 2. The van der Waals surface area contributed by atoms with Crippen molar-refractivity contribution in [1.29, 1.82) is 0 Å². The summed E-state index contributed by atoms with van der Waals surface area (Å²) in [7, 11) is 1.61. The van der Waals surface area contributed by atoms with Crippen LogP contribution in [0.2, 0.25) is 5.02 Å². The number of aromatic nitrogens is 5. The number of ether oxygens (including phenoxy) is 1. The fourth-order valence-corrected chi connectivity index (χ4v) is 3.96. The van der Waals surface area contributed by atoms with Gasteiger partial charge in [0, 0.05) is 23.7 Å². The van der Waals surface area contributed by atoms with E-state index in [2.05, 4.69) is 15.3 Å². The normalized spacial score (nSPS) is 11.1. The summed E-state index contributed by atoms with van der Waals surface area (Å²) in [4.78, 5) is 13.8. The van der Waals surface area contributed by atoms with Crippen LogP contribution < -0.4 is 10.1 Å². The van der Waals surface area contributed by atoms with Crippen molar-refractivity contribution in [2.45, 2.75) is 13.8 Å². The number of halogens is 1. The molecular weight excluding hydrogens is 424 g/mol. The van der Waals surface area contributed by atoms with Gasteiger partial charge in [-0.05, 0) is 44.2 Å². The molecule has 0 saturated heterocycles. The van der Waals surface area contributed by atoms with Gasteiger partial charge >= 0.3 is 0 Å². The predicted molar refractivity (Wildman–Crippen MR) is 126 cm³/mol. The first-order valence-electron chi connectivity index (χ1n) is 10.1. The van der Waals surface area contributed by atoms with E-state index in [1.165, 1.54) is 0 Å². The molecule has 0 atom stereocenters. The maximum absolute atomic E-state index is 6.43. The van der Waals surface area contributed by atoms with Gasteiger partial charge in [0.15, 0.2) is 5.65 Å². The Bertz CT molecular complexity index is 1440. The molecule has 4 heterocycles. The topological polar surface area (TPSA) is 69.3 Å². The van der Waals surface area contributed by atoms with Crippen LogP contribution in [-0.4, -0.2) is 31.0 Å². The van der Waals surface area contributed by atoms with E-state index in [-0.39, 0.29) is 0 Å². The molecular formula is C24H21ClN6O. The Morgan fingerprint density at radius 3 is 2.59 bits per heavy atom. The summed E-state index contributed by atoms with van der Waals surface area (Å²) >= 11 is 6.43. The lowest BCUT2D eigenvalue weighted by Crippen LogP contribution is -2.02. The van der Waals surface area contributed by atoms with Gasteiger partial charge in [-0.25, -0.2) is 9.97 Å². The molecule has 0 saturated carbocycles. The molecule has 5 rings (SSSR count). The average Bonchev–Trinajstić information content (AvgIpc) is 3.38. The van der Waals surface area contributed by atoms with Crippen molar-refractivity contribution in [1.82, 2.24) is 23.9 Å². The van der Waals surface area contributed by atoms with Crippen LogP contribution in [0.25, 0.3) is 22.6 Å². The smallest absolute Gasteiger partial charge is 0.240 e. The third-order valence-corrected chi connectivity index (χ3v) is 5.63. The number of imidazole rings is 2. The van der Waals surface area contributed by atoms with Crippen molar-refractivity contribution in [3.63, 3.8) is 0 Å². The molecule has 1 aromatic carbocycles. The molecule has 0 fully saturated rings. The van der Waals surface area contributed by atoms with Crippen LogP contribution in [0.1, 0.15) is 11.4 Å². The predicted octanol–water partition coefficient (Wildman–Crippen LogP) is 5.60. The van der Waals surface area contributed by atoms with Crippen molar-refractivity contribution in [3.8, 4) is 22.8 Å². The molecule has 0 aliphatic heterocycles. The zero-order valence-corrected chi connectivity index (χ0v) is 18.6. The minimum atomic E-state index is 0.496. The van der Waals surface area contributed by atoms with Gasteiger partial charge in [-0.1, -0.05) is 29.8 Å². The number of rotatable bonds is 5. The van der Waals surface area contributed by atoms with E-state index in [0.717, 1.165) is 39.7 Å². The van der Waals surface area contributed by atoms with E-state index in [0.29, 0.717) is 16.7 Å². The molecule has 5 aromatic rings. The van der Waals surface area contributed by atoms with Gasteiger partial charge in [-0.2, -0.15) is 4.98 Å². The van der Waals surface area contributed by atoms with Crippen LogP contribution in [0.5, 0.6) is 5.88 Å². The van der Waals surface area contributed by atoms with Crippen LogP contribution >= 0.6 is 11.6 Å². The molecule has 0 amide bonds. The lowest BCUT2D eigenvalue weighted by atomic mass is 10.1. The minimum Gasteiger partial charge on any atom is -0.479 e. The molecule has 4 aromatic heterocycles. The van der Waals surface area contributed by atoms with Crippen molar-refractivity contribution in [2.24, 2.45) is 0 Å². The Labute approximate surface area is 190 Å². The van der Waals surface area contributed by atoms with Crippen molar-refractivity contribution >= 4 is 28.8 Å². The van der Waals surface area contributed by atoms with Crippen molar-refractivity contribution in [3.05, 3.63) is 83.7 Å². The van der Waals surface area contributed by atoms with Crippen molar-refractivity contribution < 1.29 is 4.74 Å². The van der Waals surface area contributed by atoms with Crippen LogP contribution in [-0.2, 0) is 0 Å². The number of aryl methyl sites for hydroxylation is 2. The number of hydrogen-bond acceptors (Lipinski definition) is 5. The molecule has 32 heavy (non-hydrogen) atoms. The second-order valence-corrected chi connectivity index (χ2v) is 7.82. The van der Waals surface area contributed by atoms with E-state index in [9.17, 15) is 0 Å². The average molecular weight is 445 g/mol. The fraction of sp³-hybridized carbons (Fsp3) is 0.125. The molecule has 0 radical (unpaired) electrons. The largest absolute Gasteiger partial charge is 0.479 e. The Kier molecular flexibility index (Phi) is 5.03. The van der Waals surface area contributed by atoms with Crippen LogP contribution in [0.4, 0.5) is 11.5 Å². The lowest BCUT2D eigenvalue weighted by Gasteiger charge is -2.12. The third-order valence-electron chi connectivity index (χ3n) is 5.30. The van der Waals surface area contributed by atoms with Crippen LogP contribution in [0.15, 0.2) is 67.3 Å². The first-order chi connectivity index (χ1) is 15.5. The summed E-state index contributed by atoms with van der Waals surface area (Å²) in [5.74, 6) is 1.14. The maximum Gasteiger partial charge on any atom is 0.240 e. The summed E-state index contributed by atoms with van der Waals surface area (Å²) < 4.78 is 9.46. The van der Waals surface area contributed by atoms with Gasteiger partial charge < -0.3 is 19.0 Å². The SMILES string of the molecule is COc1nc(Nc2cccn3c(C)c(-c4ccccc4Cl)nc23)ccc1-n1cnc(C)c1. The summed E-state index contributed by atoms with van der Waals surface area (Å²) in [5, 5.41) is 4.05. The molecule has 7 nitrogen and oxygen atoms in total. The molecule has 8 heteroatoms. The quantitative estimate of drug-likeness (QED) is 0.382. The van der Waals surface area contributed by atoms with Gasteiger partial charge in [0.2, 0.25) is 5.88 Å². The number of anilines is 2. The zero-order chi connectivity index (χ0) is 22.2. The highest BCUT2D eigenvalue weighted by molar-refractivity contribution is 6.33. The Hall–Kier alpha value is -3.84. The highest BCUT2D eigenvalue weighted by Crippen LogP contribution is 2.33. The van der Waals surface area contributed by atoms with Crippen LogP contribution in [0, 0.1) is 13.8 Å². The number of methoxy groups -OCH3 is 1. The minimum absolute atomic E-state index is 0.496. The summed E-state index contributed by atoms with van der Waals surface area (Å²) in [6.07, 6.45) is 5.66. The Morgan fingerprint density at radius 2 is 1.84 bits per heavy atom. The van der Waals surface area contributed by atoms with Gasteiger partial charge in [-0.3, -0.25) is 0 Å². The second kappa shape index (κ2) is 8.01. The van der Waals surface area contributed by atoms with E-state index < -0.39 is 0 Å². The first-order valence-corrected chi connectivity index (χ1v) is 10.5. The standard InChI is InChI=1S/C24H21ClN6O/c1-15-13-30(14-26-15)20-10-11-21(28-24(20)32-3)27-19-9-6-12-31-16(2)22(29-23(19)31)17-7-4-5-8-18(17)25/h4-14H,1-3H3,(H,27,28). The maximum atomic E-state index is 6.43. The summed E-state index contributed by atoms with van der Waals surface area (Å²) in [6, 6.07) is 15.5. The number of hydrogen-bond donors (Lipinski definition) is 1. The van der Waals surface area contributed by atoms with E-state index >= 15 is 0 Å². The number of nitrogens with zero attached hydrogens (tertiary/aromatic N) is 5. The van der Waals surface area contributed by atoms with Gasteiger partial charge in [0.05, 0.1) is 35.5 Å². The number of fused-ring (bicyclic) bond motifs is 1. The van der Waals surface area contributed by atoms with Gasteiger partial charge in [0.1, 0.15) is 11.5 Å². The Balaban J connectivity index is 1.55. The molecule has 160 valence electrons. The first kappa shape index (κ1) is 20.1. The summed E-state index contributed by atoms with van der Waals surface area (Å²) in [5.41, 5.74) is 6.11. The molecule has 0 unspecified atom stereocenters. The zero-order valence-electron chi connectivity index (χ0n) is 17.9. The second-order valence-electron chi connectivity index (χ2n) is 7.41. The van der Waals surface area contributed by atoms with E-state index in [1.54, 1.807) is 13.4 Å². The number of benzene rings is 1. The fourth-order valence-electron chi connectivity index (χ4n) is 3.73. The lowest BCUT2D eigenvalue weighted by molar-refractivity contribution is 0.396. The van der Waals surface area contributed by atoms with E-state index in [4.69, 9.17) is 21.3 Å². The molecule has 1 N–H and O–H groups in total. The summed E-state index contributed by atoms with van der Waals surface area (Å²) in [6.45, 7) is 3.97. The highest BCUT2D eigenvalue weighted by atomic mass is 35.5. The Morgan fingerprint density at radius 1 is 1.00 bits per heavy atom. The van der Waals surface area contributed by atoms with Gasteiger partial charge in [-0.15, -0.1) is 0 Å². The highest BCUT2D eigenvalue weighted by Gasteiger charge is 2.16. The van der Waals surface area contributed by atoms with Crippen LogP contribution in [0.3, 0.4) is 0 Å². The monoisotopic (exact) mass is 444 g/mol. The number of nitrogens with one attached hydrogen (secondary N) is 1. The third kappa shape index (κ3) is 3.46.